The Morgan fingerprint density at radius 1 is 1.11 bits per heavy atom. The largest absolute Gasteiger partial charge is 0.381 e. The Morgan fingerprint density at radius 2 is 1.89 bits per heavy atom. The highest BCUT2D eigenvalue weighted by Crippen LogP contribution is 2.01. The first-order valence-corrected chi connectivity index (χ1v) is 7.83. The Labute approximate surface area is 110 Å². The van der Waals surface area contributed by atoms with Gasteiger partial charge in [0, 0.05) is 13.0 Å². The van der Waals surface area contributed by atoms with Crippen molar-refractivity contribution < 1.29 is 22.4 Å². The first-order chi connectivity index (χ1) is 8.62. The zero-order valence-electron chi connectivity index (χ0n) is 11.1. The minimum Gasteiger partial charge on any atom is -0.381 e. The smallest absolute Gasteiger partial charge is 0.306 e. The number of rotatable bonds is 10. The van der Waals surface area contributed by atoms with Gasteiger partial charge in [0.05, 0.1) is 6.61 Å². The molecule has 0 saturated heterocycles. The number of unbranched alkanes of at least 4 members (excludes halogenated alkanes) is 4. The molecule has 0 heterocycles. The van der Waals surface area contributed by atoms with Crippen LogP contribution in [0.4, 0.5) is 0 Å². The molecule has 5 nitrogen and oxygen atoms in total. The number of ether oxygens (including phenoxy) is 1. The average Bonchev–Trinajstić information content (AvgIpc) is 2.33. The van der Waals surface area contributed by atoms with Crippen LogP contribution in [-0.2, 0) is 24.1 Å². The third-order valence-electron chi connectivity index (χ3n) is 2.09. The highest BCUT2D eigenvalue weighted by molar-refractivity contribution is 7.86. The van der Waals surface area contributed by atoms with Gasteiger partial charge < -0.3 is 4.74 Å². The van der Waals surface area contributed by atoms with E-state index in [0.29, 0.717) is 13.0 Å². The molecule has 106 valence electrons. The van der Waals surface area contributed by atoms with Gasteiger partial charge in [-0.3, -0.25) is 4.89 Å². The minimum absolute atomic E-state index is 0.0899. The van der Waals surface area contributed by atoms with Gasteiger partial charge in [0.2, 0.25) is 0 Å². The molecule has 0 aliphatic rings. The molecule has 0 saturated carbocycles. The van der Waals surface area contributed by atoms with E-state index in [1.54, 1.807) is 6.92 Å². The van der Waals surface area contributed by atoms with Crippen LogP contribution in [0.3, 0.4) is 0 Å². The minimum atomic E-state index is -3.70. The molecule has 0 N–H and O–H groups in total. The second-order valence-corrected chi connectivity index (χ2v) is 5.36. The monoisotopic (exact) mass is 278 g/mol. The first kappa shape index (κ1) is 17.2. The third kappa shape index (κ3) is 11.7. The van der Waals surface area contributed by atoms with Gasteiger partial charge in [-0.25, -0.2) is 0 Å². The highest BCUT2D eigenvalue weighted by atomic mass is 32.2. The molecule has 18 heavy (non-hydrogen) atoms. The van der Waals surface area contributed by atoms with Crippen molar-refractivity contribution in [1.29, 1.82) is 0 Å². The van der Waals surface area contributed by atoms with Crippen molar-refractivity contribution in [1.82, 2.24) is 0 Å². The molecule has 0 atom stereocenters. The summed E-state index contributed by atoms with van der Waals surface area (Å²) in [6, 6.07) is 0. The Hall–Kier alpha value is -0.770. The zero-order chi connectivity index (χ0) is 13.7. The van der Waals surface area contributed by atoms with Crippen molar-refractivity contribution in [3.63, 3.8) is 0 Å². The lowest BCUT2D eigenvalue weighted by Crippen LogP contribution is -2.14. The maximum atomic E-state index is 11.2. The summed E-state index contributed by atoms with van der Waals surface area (Å²) in [5, 5.41) is 0. The van der Waals surface area contributed by atoms with E-state index < -0.39 is 10.1 Å². The van der Waals surface area contributed by atoms with Gasteiger partial charge in [0.15, 0.2) is 6.11 Å². The van der Waals surface area contributed by atoms with E-state index in [2.05, 4.69) is 28.2 Å². The van der Waals surface area contributed by atoms with Crippen LogP contribution < -0.4 is 0 Å². The van der Waals surface area contributed by atoms with Crippen LogP contribution in [0, 0.1) is 12.0 Å². The Balaban J connectivity index is 3.60. The highest BCUT2D eigenvalue weighted by Gasteiger charge is 2.11. The number of hydrogen-bond donors (Lipinski definition) is 0. The van der Waals surface area contributed by atoms with Crippen molar-refractivity contribution in [3.05, 3.63) is 0 Å². The average molecular weight is 278 g/mol. The van der Waals surface area contributed by atoms with Crippen molar-refractivity contribution in [2.45, 2.75) is 46.0 Å². The van der Waals surface area contributed by atoms with Crippen LogP contribution in [0.5, 0.6) is 0 Å². The molecule has 6 heteroatoms. The summed E-state index contributed by atoms with van der Waals surface area (Å²) in [6.07, 6.45) is 7.37. The van der Waals surface area contributed by atoms with E-state index in [1.165, 1.54) is 12.8 Å². The quantitative estimate of drug-likeness (QED) is 0.265. The van der Waals surface area contributed by atoms with Crippen molar-refractivity contribution in [2.24, 2.45) is 0 Å². The summed E-state index contributed by atoms with van der Waals surface area (Å²) >= 11 is 0. The van der Waals surface area contributed by atoms with Gasteiger partial charge in [0.25, 0.3) is 0 Å². The predicted molar refractivity (Wildman–Crippen MR) is 69.0 cm³/mol. The van der Waals surface area contributed by atoms with Crippen molar-refractivity contribution in [2.75, 3.05) is 19.0 Å². The molecule has 0 bridgehead atoms. The molecule has 0 aromatic heterocycles. The van der Waals surface area contributed by atoms with E-state index in [0.717, 1.165) is 12.8 Å². The molecule has 0 aromatic carbocycles. The van der Waals surface area contributed by atoms with E-state index in [-0.39, 0.29) is 12.4 Å². The van der Waals surface area contributed by atoms with Gasteiger partial charge >= 0.3 is 10.1 Å². The van der Waals surface area contributed by atoms with Crippen LogP contribution in [0.25, 0.3) is 0 Å². The predicted octanol–water partition coefficient (Wildman–Crippen LogP) is 2.23. The second kappa shape index (κ2) is 11.3. The van der Waals surface area contributed by atoms with E-state index in [1.807, 2.05) is 0 Å². The molecule has 0 fully saturated rings. The van der Waals surface area contributed by atoms with Gasteiger partial charge in [-0.15, -0.1) is 0 Å². The topological polar surface area (TPSA) is 61.8 Å². The second-order valence-electron chi connectivity index (χ2n) is 3.70. The Kier molecular flexibility index (Phi) is 10.8. The van der Waals surface area contributed by atoms with Gasteiger partial charge in [-0.1, -0.05) is 32.1 Å². The van der Waals surface area contributed by atoms with Crippen molar-refractivity contribution >= 4 is 10.1 Å². The van der Waals surface area contributed by atoms with Gasteiger partial charge in [-0.05, 0) is 17.7 Å². The molecule has 0 aliphatic carbocycles. The van der Waals surface area contributed by atoms with Crippen LogP contribution in [-0.4, -0.2) is 27.4 Å². The van der Waals surface area contributed by atoms with Gasteiger partial charge in [0.1, 0.15) is 5.75 Å². The standard InChI is InChI=1S/C12H22O5S/c1-3-5-6-7-8-9-10-16-17-18(13,14)12-11-15-4-2/h3-8,11-12H2,1-2H3. The molecule has 0 aromatic rings. The third-order valence-corrected chi connectivity index (χ3v) is 3.03. The van der Waals surface area contributed by atoms with Crippen molar-refractivity contribution in [3.8, 4) is 12.0 Å². The SMILES string of the molecule is CCCCCCC#COOS(=O)(=O)CCOCC. The van der Waals surface area contributed by atoms with Crippen LogP contribution in [0.2, 0.25) is 0 Å². The molecule has 0 radical (unpaired) electrons. The maximum Gasteiger partial charge on any atom is 0.306 e. The molecule has 0 unspecified atom stereocenters. The van der Waals surface area contributed by atoms with Crippen LogP contribution in [0.1, 0.15) is 46.0 Å². The summed E-state index contributed by atoms with van der Waals surface area (Å²) in [4.78, 5) is 4.33. The summed E-state index contributed by atoms with van der Waals surface area (Å²) in [6.45, 7) is 4.48. The van der Waals surface area contributed by atoms with Gasteiger partial charge in [-0.2, -0.15) is 8.42 Å². The van der Waals surface area contributed by atoms with E-state index in [4.69, 9.17) is 4.74 Å². The van der Waals surface area contributed by atoms with E-state index in [9.17, 15) is 8.42 Å². The van der Waals surface area contributed by atoms with Crippen LogP contribution in [0.15, 0.2) is 0 Å². The van der Waals surface area contributed by atoms with E-state index >= 15 is 0 Å². The van der Waals surface area contributed by atoms with Crippen LogP contribution >= 0.6 is 0 Å². The summed E-state index contributed by atoms with van der Waals surface area (Å²) in [5.41, 5.74) is 0. The lowest BCUT2D eigenvalue weighted by atomic mass is 10.2. The summed E-state index contributed by atoms with van der Waals surface area (Å²) in [5.74, 6) is 2.45. The molecular weight excluding hydrogens is 256 g/mol. The summed E-state index contributed by atoms with van der Waals surface area (Å²) < 4.78 is 31.5. The Morgan fingerprint density at radius 3 is 2.56 bits per heavy atom. The molecule has 0 spiro atoms. The fourth-order valence-electron chi connectivity index (χ4n) is 1.13. The normalized spacial score (nSPS) is 10.8. The molecule has 0 amide bonds. The fourth-order valence-corrected chi connectivity index (χ4v) is 1.66. The molecular formula is C12H22O5S. The number of hydrogen-bond acceptors (Lipinski definition) is 5. The first-order valence-electron chi connectivity index (χ1n) is 6.25. The zero-order valence-corrected chi connectivity index (χ0v) is 11.9. The summed E-state index contributed by atoms with van der Waals surface area (Å²) in [7, 11) is -3.70. The fraction of sp³-hybridized carbons (Fsp3) is 0.833. The Bertz CT molecular complexity index is 339. The lowest BCUT2D eigenvalue weighted by Gasteiger charge is -2.00. The molecule has 0 rings (SSSR count). The lowest BCUT2D eigenvalue weighted by molar-refractivity contribution is -0.127. The molecule has 0 aliphatic heterocycles. The maximum absolute atomic E-state index is 11.2.